The van der Waals surface area contributed by atoms with E-state index in [9.17, 15) is 22.8 Å². The number of carbonyl (C=O) groups is 2. The zero-order valence-electron chi connectivity index (χ0n) is 27.4. The molecule has 0 bridgehead atoms. The first-order chi connectivity index (χ1) is 22.2. The zero-order valence-corrected chi connectivity index (χ0v) is 27.4. The maximum Gasteiger partial charge on any atom is 0.416 e. The van der Waals surface area contributed by atoms with Gasteiger partial charge in [-0.1, -0.05) is 38.1 Å². The summed E-state index contributed by atoms with van der Waals surface area (Å²) in [7, 11) is 2.81. The molecule has 13 heteroatoms. The summed E-state index contributed by atoms with van der Waals surface area (Å²) in [5.74, 6) is -1.47. The van der Waals surface area contributed by atoms with Crippen molar-refractivity contribution in [1.29, 1.82) is 0 Å². The van der Waals surface area contributed by atoms with Gasteiger partial charge in [0, 0.05) is 63.1 Å². The number of aromatic nitrogens is 2. The molecule has 1 N–H and O–H groups in total. The van der Waals surface area contributed by atoms with E-state index in [1.807, 2.05) is 11.8 Å². The first-order valence-corrected chi connectivity index (χ1v) is 15.4. The van der Waals surface area contributed by atoms with Crippen molar-refractivity contribution in [3.05, 3.63) is 76.9 Å². The SMILES string of the molecule is COCC[C@H](c1nccc(C)c1F)N1C[C@@H](C)N(C(=O)C(C)C)[C@@H](C(=O)NCc2ccc(-c3cc(C(F)(F)F)cc(OC)n3)cc2)C1. The molecule has 9 nitrogen and oxygen atoms in total. The fraction of sp³-hybridized carbons (Fsp3) is 0.471. The molecule has 1 aliphatic heterocycles. The summed E-state index contributed by atoms with van der Waals surface area (Å²) in [5, 5.41) is 2.92. The standard InChI is InChI=1S/C34H41F4N5O4/c1-20(2)33(45)43-22(4)18-42(27(12-14-46-5)31-30(35)21(3)11-13-39-31)19-28(43)32(44)40-17-23-7-9-24(10-8-23)26-15-25(34(36,37)38)16-29(41-26)47-6/h7-11,13,15-16,20,22,27-28H,12,14,17-19H2,1-6H3,(H,40,44)/t22-,27-,28-/m1/s1. The lowest BCUT2D eigenvalue weighted by Gasteiger charge is -2.47. The van der Waals surface area contributed by atoms with Crippen LogP contribution in [-0.4, -0.2) is 77.6 Å². The van der Waals surface area contributed by atoms with Crippen molar-refractivity contribution in [2.45, 2.75) is 65.0 Å². The molecule has 1 aliphatic rings. The predicted octanol–water partition coefficient (Wildman–Crippen LogP) is 5.57. The number of nitrogens with one attached hydrogen (secondary N) is 1. The van der Waals surface area contributed by atoms with Crippen LogP contribution in [0.3, 0.4) is 0 Å². The fourth-order valence-electron chi connectivity index (χ4n) is 5.79. The normalized spacial score (nSPS) is 17.9. The summed E-state index contributed by atoms with van der Waals surface area (Å²) in [6, 6.07) is 8.28. The average Bonchev–Trinajstić information content (AvgIpc) is 3.04. The Balaban J connectivity index is 1.56. The Kier molecular flexibility index (Phi) is 11.6. The molecule has 254 valence electrons. The number of methoxy groups -OCH3 is 2. The van der Waals surface area contributed by atoms with Crippen LogP contribution in [0.25, 0.3) is 11.3 Å². The molecule has 3 aromatic rings. The van der Waals surface area contributed by atoms with Gasteiger partial charge in [0.1, 0.15) is 11.9 Å². The number of nitrogens with zero attached hydrogens (tertiary/aromatic N) is 4. The Hall–Kier alpha value is -4.10. The number of hydrogen-bond acceptors (Lipinski definition) is 7. The highest BCUT2D eigenvalue weighted by Gasteiger charge is 2.42. The first kappa shape index (κ1) is 35.7. The average molecular weight is 660 g/mol. The number of rotatable bonds is 11. The van der Waals surface area contributed by atoms with E-state index in [1.165, 1.54) is 7.11 Å². The van der Waals surface area contributed by atoms with E-state index in [2.05, 4.69) is 15.3 Å². The number of amides is 2. The number of pyridine rings is 2. The lowest BCUT2D eigenvalue weighted by molar-refractivity contribution is -0.151. The van der Waals surface area contributed by atoms with E-state index < -0.39 is 29.6 Å². The first-order valence-electron chi connectivity index (χ1n) is 15.4. The van der Waals surface area contributed by atoms with Crippen LogP contribution in [0.2, 0.25) is 0 Å². The van der Waals surface area contributed by atoms with E-state index in [-0.39, 0.29) is 54.1 Å². The molecule has 0 saturated carbocycles. The molecule has 4 rings (SSSR count). The molecule has 3 heterocycles. The third-order valence-corrected chi connectivity index (χ3v) is 8.28. The van der Waals surface area contributed by atoms with Crippen LogP contribution in [-0.2, 0) is 27.0 Å². The third kappa shape index (κ3) is 8.44. The molecule has 0 aliphatic carbocycles. The maximum atomic E-state index is 15.3. The molecule has 1 aromatic carbocycles. The fourth-order valence-corrected chi connectivity index (χ4v) is 5.79. The number of alkyl halides is 3. The summed E-state index contributed by atoms with van der Waals surface area (Å²) >= 11 is 0. The van der Waals surface area contributed by atoms with Crippen LogP contribution in [0, 0.1) is 18.7 Å². The maximum absolute atomic E-state index is 15.3. The summed E-state index contributed by atoms with van der Waals surface area (Å²) in [6.07, 6.45) is -2.58. The summed E-state index contributed by atoms with van der Waals surface area (Å²) in [4.78, 5) is 39.3. The number of carbonyl (C=O) groups excluding carboxylic acids is 2. The molecular weight excluding hydrogens is 618 g/mol. The van der Waals surface area contributed by atoms with Gasteiger partial charge in [0.25, 0.3) is 0 Å². The molecule has 1 fully saturated rings. The van der Waals surface area contributed by atoms with E-state index in [4.69, 9.17) is 9.47 Å². The van der Waals surface area contributed by atoms with Gasteiger partial charge in [0.2, 0.25) is 17.7 Å². The van der Waals surface area contributed by atoms with Crippen LogP contribution >= 0.6 is 0 Å². The van der Waals surface area contributed by atoms with Crippen molar-refractivity contribution in [2.75, 3.05) is 33.9 Å². The highest BCUT2D eigenvalue weighted by molar-refractivity contribution is 5.89. The molecular formula is C34H41F4N5O4. The summed E-state index contributed by atoms with van der Waals surface area (Å²) in [6.45, 7) is 8.10. The molecule has 3 atom stereocenters. The van der Waals surface area contributed by atoms with Crippen LogP contribution in [0.4, 0.5) is 17.6 Å². The minimum Gasteiger partial charge on any atom is -0.481 e. The van der Waals surface area contributed by atoms with Crippen molar-refractivity contribution in [2.24, 2.45) is 5.92 Å². The Bertz CT molecular complexity index is 1550. The van der Waals surface area contributed by atoms with Crippen LogP contribution in [0.15, 0.2) is 48.7 Å². The van der Waals surface area contributed by atoms with Crippen molar-refractivity contribution in [1.82, 2.24) is 25.1 Å². The van der Waals surface area contributed by atoms with Gasteiger partial charge in [-0.25, -0.2) is 9.37 Å². The van der Waals surface area contributed by atoms with Crippen molar-refractivity contribution >= 4 is 11.8 Å². The lowest BCUT2D eigenvalue weighted by Crippen LogP contribution is -2.65. The highest BCUT2D eigenvalue weighted by Crippen LogP contribution is 2.34. The van der Waals surface area contributed by atoms with E-state index in [1.54, 1.807) is 69.3 Å². The van der Waals surface area contributed by atoms with Crippen molar-refractivity contribution < 1.29 is 36.6 Å². The second-order valence-corrected chi connectivity index (χ2v) is 12.0. The molecule has 47 heavy (non-hydrogen) atoms. The Morgan fingerprint density at radius 1 is 1.09 bits per heavy atom. The predicted molar refractivity (Wildman–Crippen MR) is 168 cm³/mol. The third-order valence-electron chi connectivity index (χ3n) is 8.28. The number of piperazine rings is 1. The molecule has 0 radical (unpaired) electrons. The van der Waals surface area contributed by atoms with Gasteiger partial charge in [-0.05, 0) is 43.5 Å². The van der Waals surface area contributed by atoms with Crippen LogP contribution in [0.5, 0.6) is 5.88 Å². The smallest absolute Gasteiger partial charge is 0.416 e. The van der Waals surface area contributed by atoms with Crippen LogP contribution in [0.1, 0.15) is 55.6 Å². The topological polar surface area (TPSA) is 96.9 Å². The van der Waals surface area contributed by atoms with E-state index in [0.717, 1.165) is 12.1 Å². The molecule has 1 saturated heterocycles. The number of hydrogen-bond donors (Lipinski definition) is 1. The van der Waals surface area contributed by atoms with Crippen LogP contribution < -0.4 is 10.1 Å². The zero-order chi connectivity index (χ0) is 34.5. The Labute approximate surface area is 272 Å². The van der Waals surface area contributed by atoms with Gasteiger partial charge in [-0.3, -0.25) is 19.5 Å². The highest BCUT2D eigenvalue weighted by atomic mass is 19.4. The molecule has 2 amide bonds. The van der Waals surface area contributed by atoms with Gasteiger partial charge >= 0.3 is 6.18 Å². The largest absolute Gasteiger partial charge is 0.481 e. The number of halogens is 4. The van der Waals surface area contributed by atoms with Gasteiger partial charge < -0.3 is 19.7 Å². The second-order valence-electron chi connectivity index (χ2n) is 12.0. The summed E-state index contributed by atoms with van der Waals surface area (Å²) < 4.78 is 65.8. The molecule has 0 spiro atoms. The molecule has 0 unspecified atom stereocenters. The van der Waals surface area contributed by atoms with Crippen molar-refractivity contribution in [3.8, 4) is 17.1 Å². The van der Waals surface area contributed by atoms with Gasteiger partial charge in [-0.2, -0.15) is 13.2 Å². The second kappa shape index (κ2) is 15.2. The monoisotopic (exact) mass is 659 g/mol. The minimum absolute atomic E-state index is 0.0916. The number of aryl methyl sites for hydroxylation is 1. The van der Waals surface area contributed by atoms with Gasteiger partial charge in [0.05, 0.1) is 30.1 Å². The van der Waals surface area contributed by atoms with Crippen molar-refractivity contribution in [3.63, 3.8) is 0 Å². The minimum atomic E-state index is -4.57. The summed E-state index contributed by atoms with van der Waals surface area (Å²) in [5.41, 5.74) is 1.07. The van der Waals surface area contributed by atoms with Gasteiger partial charge in [-0.15, -0.1) is 0 Å². The van der Waals surface area contributed by atoms with E-state index in [0.29, 0.717) is 36.3 Å². The van der Waals surface area contributed by atoms with Gasteiger partial charge in [0.15, 0.2) is 0 Å². The number of benzene rings is 1. The lowest BCUT2D eigenvalue weighted by atomic mass is 9.97. The quantitative estimate of drug-likeness (QED) is 0.269. The van der Waals surface area contributed by atoms with E-state index >= 15 is 4.39 Å². The number of ether oxygens (including phenoxy) is 2. The molecule has 2 aromatic heterocycles. The Morgan fingerprint density at radius 3 is 2.40 bits per heavy atom. The Morgan fingerprint density at radius 2 is 1.79 bits per heavy atom.